The van der Waals surface area contributed by atoms with E-state index in [-0.39, 0.29) is 11.3 Å². The number of carbonyl (C=O) groups is 1. The van der Waals surface area contributed by atoms with Gasteiger partial charge in [0.2, 0.25) is 0 Å². The van der Waals surface area contributed by atoms with Crippen molar-refractivity contribution < 1.29 is 9.18 Å². The largest absolute Gasteiger partial charge is 0.397 e. The third kappa shape index (κ3) is 3.04. The molecule has 0 bridgehead atoms. The minimum atomic E-state index is -0.645. The van der Waals surface area contributed by atoms with E-state index < -0.39 is 11.7 Å². The molecule has 1 amide bonds. The highest BCUT2D eigenvalue weighted by atomic mass is 19.1. The van der Waals surface area contributed by atoms with Gasteiger partial charge in [0, 0.05) is 35.2 Å². The number of hydrogen-bond donors (Lipinski definition) is 3. The van der Waals surface area contributed by atoms with Gasteiger partial charge in [-0.2, -0.15) is 0 Å². The number of allylic oxidation sites excluding steroid dienone is 2. The fourth-order valence-electron chi connectivity index (χ4n) is 3.85. The Kier molecular flexibility index (Phi) is 4.17. The molecule has 4 N–H and O–H groups in total. The third-order valence-electron chi connectivity index (χ3n) is 5.48. The van der Waals surface area contributed by atoms with Gasteiger partial charge >= 0.3 is 0 Å². The van der Waals surface area contributed by atoms with E-state index in [2.05, 4.69) is 44.1 Å². The number of hydrogen-bond acceptors (Lipinski definition) is 3. The predicted octanol–water partition coefficient (Wildman–Crippen LogP) is 4.52. The van der Waals surface area contributed by atoms with Gasteiger partial charge in [-0.15, -0.1) is 0 Å². The van der Waals surface area contributed by atoms with E-state index >= 15 is 0 Å². The van der Waals surface area contributed by atoms with Gasteiger partial charge in [0.15, 0.2) is 5.83 Å². The number of anilines is 1. The number of fused-ring (bicyclic) bond motifs is 2. The monoisotopic (exact) mass is 401 g/mol. The molecular weight excluding hydrogens is 381 g/mol. The topological polar surface area (TPSA) is 88.7 Å². The van der Waals surface area contributed by atoms with E-state index in [1.54, 1.807) is 12.3 Å². The van der Waals surface area contributed by atoms with Gasteiger partial charge in [0.25, 0.3) is 5.91 Å². The molecule has 1 aromatic carbocycles. The van der Waals surface area contributed by atoms with Crippen LogP contribution in [-0.2, 0) is 11.8 Å². The van der Waals surface area contributed by atoms with Crippen LogP contribution in [0.2, 0.25) is 0 Å². The van der Waals surface area contributed by atoms with Crippen LogP contribution in [0.1, 0.15) is 12.8 Å². The zero-order valence-electron chi connectivity index (χ0n) is 16.4. The molecule has 0 saturated heterocycles. The number of H-pyrrole nitrogens is 1. The summed E-state index contributed by atoms with van der Waals surface area (Å²) in [6, 6.07) is 12.2. The molecule has 7 heteroatoms. The highest BCUT2D eigenvalue weighted by molar-refractivity contribution is 6.05. The number of pyridine rings is 1. The summed E-state index contributed by atoms with van der Waals surface area (Å²) in [5, 5.41) is 4.75. The molecule has 0 radical (unpaired) electrons. The molecule has 6 nitrogen and oxygen atoms in total. The van der Waals surface area contributed by atoms with Crippen LogP contribution >= 0.6 is 0 Å². The second-order valence-electron chi connectivity index (χ2n) is 7.49. The van der Waals surface area contributed by atoms with Gasteiger partial charge in [-0.1, -0.05) is 12.1 Å². The summed E-state index contributed by atoms with van der Waals surface area (Å²) in [6.45, 7) is 0. The molecule has 3 aromatic heterocycles. The zero-order valence-corrected chi connectivity index (χ0v) is 16.4. The van der Waals surface area contributed by atoms with Crippen molar-refractivity contribution in [1.29, 1.82) is 0 Å². The molecule has 1 aliphatic rings. The number of aryl methyl sites for hydroxylation is 1. The number of nitrogens with zero attached hydrogens (tertiary/aromatic N) is 2. The Morgan fingerprint density at radius 3 is 2.97 bits per heavy atom. The maximum atomic E-state index is 14.2. The molecule has 3 heterocycles. The first-order chi connectivity index (χ1) is 14.5. The summed E-state index contributed by atoms with van der Waals surface area (Å²) in [4.78, 5) is 20.2. The highest BCUT2D eigenvalue weighted by Gasteiger charge is 2.20. The SMILES string of the molecule is Cn1ccc2cc(-c3cc4cc(NC(=O)C5=C(F)C(N)=CCC5)cnc4[nH]3)ccc21. The lowest BCUT2D eigenvalue weighted by Gasteiger charge is -2.13. The average Bonchev–Trinajstić information content (AvgIpc) is 3.33. The second-order valence-corrected chi connectivity index (χ2v) is 7.49. The molecule has 0 aliphatic heterocycles. The molecule has 4 aromatic rings. The molecule has 30 heavy (non-hydrogen) atoms. The van der Waals surface area contributed by atoms with Gasteiger partial charge in [0.05, 0.1) is 23.2 Å². The molecule has 0 spiro atoms. The Bertz CT molecular complexity index is 1380. The van der Waals surface area contributed by atoms with Crippen molar-refractivity contribution in [3.63, 3.8) is 0 Å². The Morgan fingerprint density at radius 2 is 2.10 bits per heavy atom. The van der Waals surface area contributed by atoms with E-state index in [1.165, 1.54) is 0 Å². The van der Waals surface area contributed by atoms with Gasteiger partial charge in [0.1, 0.15) is 5.65 Å². The number of carbonyl (C=O) groups excluding carboxylic acids is 1. The van der Waals surface area contributed by atoms with E-state index in [4.69, 9.17) is 5.73 Å². The summed E-state index contributed by atoms with van der Waals surface area (Å²) in [7, 11) is 2.02. The molecule has 0 unspecified atom stereocenters. The predicted molar refractivity (Wildman–Crippen MR) is 116 cm³/mol. The van der Waals surface area contributed by atoms with E-state index in [0.29, 0.717) is 24.2 Å². The number of aromatic amines is 1. The van der Waals surface area contributed by atoms with Gasteiger partial charge in [-0.25, -0.2) is 9.37 Å². The van der Waals surface area contributed by atoms with Gasteiger partial charge in [-0.3, -0.25) is 4.79 Å². The number of amides is 1. The molecule has 0 saturated carbocycles. The summed E-state index contributed by atoms with van der Waals surface area (Å²) in [5.74, 6) is -1.14. The van der Waals surface area contributed by atoms with Crippen LogP contribution in [-0.4, -0.2) is 20.4 Å². The quantitative estimate of drug-likeness (QED) is 0.472. The summed E-state index contributed by atoms with van der Waals surface area (Å²) >= 11 is 0. The van der Waals surface area contributed by atoms with Crippen LogP contribution in [0.15, 0.2) is 72.0 Å². The van der Waals surface area contributed by atoms with Crippen LogP contribution in [0.3, 0.4) is 0 Å². The van der Waals surface area contributed by atoms with E-state index in [0.717, 1.165) is 27.5 Å². The fourth-order valence-corrected chi connectivity index (χ4v) is 3.85. The summed E-state index contributed by atoms with van der Waals surface area (Å²) in [5.41, 5.74) is 10.1. The molecular formula is C23H20FN5O. The van der Waals surface area contributed by atoms with Gasteiger partial charge in [-0.05, 0) is 48.7 Å². The van der Waals surface area contributed by atoms with E-state index in [1.807, 2.05) is 25.4 Å². The average molecular weight is 401 g/mol. The Labute approximate surface area is 171 Å². The Hall–Kier alpha value is -3.87. The molecule has 1 aliphatic carbocycles. The van der Waals surface area contributed by atoms with Crippen LogP contribution in [0.4, 0.5) is 10.1 Å². The first kappa shape index (κ1) is 18.2. The number of aromatic nitrogens is 3. The van der Waals surface area contributed by atoms with Crippen LogP contribution in [0.25, 0.3) is 33.2 Å². The normalized spacial score (nSPS) is 14.4. The zero-order chi connectivity index (χ0) is 20.8. The maximum absolute atomic E-state index is 14.2. The Balaban J connectivity index is 1.44. The van der Waals surface area contributed by atoms with Crippen molar-refractivity contribution in [3.05, 3.63) is 72.0 Å². The smallest absolute Gasteiger partial charge is 0.254 e. The first-order valence-electron chi connectivity index (χ1n) is 9.70. The lowest BCUT2D eigenvalue weighted by Crippen LogP contribution is -2.19. The number of rotatable bonds is 3. The minimum absolute atomic E-state index is 0.0191. The minimum Gasteiger partial charge on any atom is -0.397 e. The lowest BCUT2D eigenvalue weighted by atomic mass is 10.0. The van der Waals surface area contributed by atoms with Crippen molar-refractivity contribution in [1.82, 2.24) is 14.5 Å². The second kappa shape index (κ2) is 6.88. The third-order valence-corrected chi connectivity index (χ3v) is 5.48. The van der Waals surface area contributed by atoms with Crippen molar-refractivity contribution in [3.8, 4) is 11.3 Å². The number of benzene rings is 1. The molecule has 5 rings (SSSR count). The van der Waals surface area contributed by atoms with Crippen molar-refractivity contribution in [2.45, 2.75) is 12.8 Å². The molecule has 0 fully saturated rings. The lowest BCUT2D eigenvalue weighted by molar-refractivity contribution is -0.113. The fraction of sp³-hybridized carbons (Fsp3) is 0.130. The van der Waals surface area contributed by atoms with Crippen LogP contribution < -0.4 is 11.1 Å². The van der Waals surface area contributed by atoms with Crippen molar-refractivity contribution >= 4 is 33.5 Å². The first-order valence-corrected chi connectivity index (χ1v) is 9.70. The number of halogens is 1. The molecule has 150 valence electrons. The summed E-state index contributed by atoms with van der Waals surface area (Å²) < 4.78 is 16.2. The highest BCUT2D eigenvalue weighted by Crippen LogP contribution is 2.29. The summed E-state index contributed by atoms with van der Waals surface area (Å²) in [6.07, 6.45) is 6.05. The van der Waals surface area contributed by atoms with Crippen LogP contribution in [0.5, 0.6) is 0 Å². The van der Waals surface area contributed by atoms with Crippen molar-refractivity contribution in [2.75, 3.05) is 5.32 Å². The number of nitrogens with one attached hydrogen (secondary N) is 2. The van der Waals surface area contributed by atoms with Crippen molar-refractivity contribution in [2.24, 2.45) is 12.8 Å². The Morgan fingerprint density at radius 1 is 1.23 bits per heavy atom. The van der Waals surface area contributed by atoms with E-state index in [9.17, 15) is 9.18 Å². The van der Waals surface area contributed by atoms with Gasteiger partial charge < -0.3 is 20.6 Å². The standard InChI is InChI=1S/C23H20FN5O/c1-29-8-7-14-9-13(5-6-20(14)29)19-11-15-10-16(12-26-22(15)28-19)27-23(30)17-3-2-4-18(25)21(17)24/h4-12H,2-3,25H2,1H3,(H,26,28)(H,27,30). The van der Waals surface area contributed by atoms with Crippen LogP contribution in [0, 0.1) is 0 Å². The maximum Gasteiger partial charge on any atom is 0.254 e. The molecule has 0 atom stereocenters. The number of nitrogens with two attached hydrogens (primary N) is 1.